The standard InChI is InChI=1S/C12H19N3O4/c1-9(14(4)5)11(12(16)19-6)7-10(15(17)18)8-13(2)3/h7-8H,1H2,2-6H3/b10-8-,11-7+. The van der Waals surface area contributed by atoms with Crippen molar-refractivity contribution in [2.45, 2.75) is 0 Å². The minimum absolute atomic E-state index is 0.0392. The number of rotatable bonds is 6. The molecule has 0 saturated heterocycles. The zero-order valence-corrected chi connectivity index (χ0v) is 11.8. The Morgan fingerprint density at radius 3 is 2.16 bits per heavy atom. The van der Waals surface area contributed by atoms with Crippen molar-refractivity contribution in [2.24, 2.45) is 0 Å². The Kier molecular flexibility index (Phi) is 6.32. The zero-order valence-electron chi connectivity index (χ0n) is 11.8. The van der Waals surface area contributed by atoms with Crippen LogP contribution >= 0.6 is 0 Å². The van der Waals surface area contributed by atoms with Crippen molar-refractivity contribution in [3.63, 3.8) is 0 Å². The van der Waals surface area contributed by atoms with Gasteiger partial charge in [-0.05, 0) is 0 Å². The van der Waals surface area contributed by atoms with Crippen LogP contribution in [-0.4, -0.2) is 56.0 Å². The lowest BCUT2D eigenvalue weighted by atomic mass is 10.1. The maximum Gasteiger partial charge on any atom is 0.340 e. The molecule has 0 unspecified atom stereocenters. The van der Waals surface area contributed by atoms with Crippen LogP contribution in [0.25, 0.3) is 0 Å². The van der Waals surface area contributed by atoms with Crippen LogP contribution in [0.2, 0.25) is 0 Å². The first-order valence-electron chi connectivity index (χ1n) is 5.40. The average molecular weight is 269 g/mol. The van der Waals surface area contributed by atoms with Crippen molar-refractivity contribution >= 4 is 5.97 Å². The molecular formula is C12H19N3O4. The number of allylic oxidation sites excluding steroid dienone is 1. The number of likely N-dealkylation sites (N-methyl/N-ethyl adjacent to an activating group) is 1. The SMILES string of the molecule is C=C(/C(=C\C(=C\N(C)C)[N+](=O)[O-])C(=O)OC)N(C)C. The molecule has 0 aromatic heterocycles. The van der Waals surface area contributed by atoms with E-state index in [1.54, 1.807) is 33.1 Å². The van der Waals surface area contributed by atoms with E-state index in [1.807, 2.05) is 0 Å². The molecule has 0 fully saturated rings. The Bertz CT molecular complexity index is 436. The molecule has 0 radical (unpaired) electrons. The average Bonchev–Trinajstić information content (AvgIpc) is 2.31. The molecule has 0 bridgehead atoms. The van der Waals surface area contributed by atoms with Crippen molar-refractivity contribution in [3.8, 4) is 0 Å². The van der Waals surface area contributed by atoms with Gasteiger partial charge in [-0.2, -0.15) is 0 Å². The molecule has 7 heteroatoms. The van der Waals surface area contributed by atoms with Gasteiger partial charge in [-0.1, -0.05) is 6.58 Å². The first-order chi connectivity index (χ1) is 8.70. The lowest BCUT2D eigenvalue weighted by molar-refractivity contribution is -0.420. The molecular weight excluding hydrogens is 250 g/mol. The molecule has 0 aliphatic rings. The molecule has 0 amide bonds. The number of ether oxygens (including phenoxy) is 1. The van der Waals surface area contributed by atoms with Gasteiger partial charge in [-0.3, -0.25) is 10.1 Å². The Morgan fingerprint density at radius 1 is 1.32 bits per heavy atom. The van der Waals surface area contributed by atoms with Crippen LogP contribution in [0.3, 0.4) is 0 Å². The monoisotopic (exact) mass is 269 g/mol. The van der Waals surface area contributed by atoms with Gasteiger partial charge in [0.25, 0.3) is 5.70 Å². The third kappa shape index (κ3) is 5.24. The van der Waals surface area contributed by atoms with Gasteiger partial charge in [0.15, 0.2) is 0 Å². The first kappa shape index (κ1) is 16.7. The molecule has 0 N–H and O–H groups in total. The van der Waals surface area contributed by atoms with E-state index in [2.05, 4.69) is 11.3 Å². The van der Waals surface area contributed by atoms with E-state index in [0.717, 1.165) is 6.08 Å². The van der Waals surface area contributed by atoms with Crippen molar-refractivity contribution < 1.29 is 14.5 Å². The summed E-state index contributed by atoms with van der Waals surface area (Å²) < 4.78 is 4.61. The van der Waals surface area contributed by atoms with Crippen LogP contribution in [0.4, 0.5) is 0 Å². The third-order valence-electron chi connectivity index (χ3n) is 2.15. The summed E-state index contributed by atoms with van der Waals surface area (Å²) in [5, 5.41) is 10.9. The fourth-order valence-electron chi connectivity index (χ4n) is 1.16. The molecule has 19 heavy (non-hydrogen) atoms. The van der Waals surface area contributed by atoms with Gasteiger partial charge >= 0.3 is 5.97 Å². The van der Waals surface area contributed by atoms with E-state index < -0.39 is 10.9 Å². The van der Waals surface area contributed by atoms with Gasteiger partial charge in [0.1, 0.15) is 0 Å². The highest BCUT2D eigenvalue weighted by molar-refractivity contribution is 5.93. The molecule has 0 rings (SSSR count). The summed E-state index contributed by atoms with van der Waals surface area (Å²) in [6.07, 6.45) is 2.44. The fourth-order valence-corrected chi connectivity index (χ4v) is 1.16. The van der Waals surface area contributed by atoms with Gasteiger partial charge in [0.05, 0.1) is 23.8 Å². The second-order valence-electron chi connectivity index (χ2n) is 4.17. The Morgan fingerprint density at radius 2 is 1.84 bits per heavy atom. The second-order valence-corrected chi connectivity index (χ2v) is 4.17. The Hall–Kier alpha value is -2.31. The Labute approximate surface area is 112 Å². The molecule has 0 aliphatic carbocycles. The predicted octanol–water partition coefficient (Wildman–Crippen LogP) is 0.841. The molecule has 7 nitrogen and oxygen atoms in total. The molecule has 0 atom stereocenters. The highest BCUT2D eigenvalue weighted by Gasteiger charge is 2.19. The third-order valence-corrected chi connectivity index (χ3v) is 2.15. The lowest BCUT2D eigenvalue weighted by Gasteiger charge is -2.17. The lowest BCUT2D eigenvalue weighted by Crippen LogP contribution is -2.19. The minimum Gasteiger partial charge on any atom is -0.465 e. The number of carbonyl (C=O) groups excluding carboxylic acids is 1. The summed E-state index contributed by atoms with van der Waals surface area (Å²) in [4.78, 5) is 25.1. The van der Waals surface area contributed by atoms with E-state index in [-0.39, 0.29) is 11.3 Å². The van der Waals surface area contributed by atoms with Crippen molar-refractivity contribution in [3.05, 3.63) is 45.9 Å². The van der Waals surface area contributed by atoms with E-state index in [4.69, 9.17) is 0 Å². The van der Waals surface area contributed by atoms with E-state index in [9.17, 15) is 14.9 Å². The molecule has 0 spiro atoms. The van der Waals surface area contributed by atoms with E-state index in [1.165, 1.54) is 18.2 Å². The molecule has 106 valence electrons. The van der Waals surface area contributed by atoms with Crippen LogP contribution in [-0.2, 0) is 9.53 Å². The van der Waals surface area contributed by atoms with Crippen LogP contribution in [0, 0.1) is 10.1 Å². The van der Waals surface area contributed by atoms with Crippen LogP contribution in [0.1, 0.15) is 0 Å². The van der Waals surface area contributed by atoms with Crippen LogP contribution < -0.4 is 0 Å². The number of carbonyl (C=O) groups is 1. The normalized spacial score (nSPS) is 11.8. The van der Waals surface area contributed by atoms with Crippen LogP contribution in [0.15, 0.2) is 35.8 Å². The molecule has 0 aromatic rings. The summed E-state index contributed by atoms with van der Waals surface area (Å²) in [5.74, 6) is -0.676. The number of nitro groups is 1. The van der Waals surface area contributed by atoms with Gasteiger partial charge in [0, 0.05) is 40.0 Å². The Balaban J connectivity index is 5.70. The van der Waals surface area contributed by atoms with E-state index in [0.29, 0.717) is 5.70 Å². The number of nitrogens with zero attached hydrogens (tertiary/aromatic N) is 3. The van der Waals surface area contributed by atoms with Crippen LogP contribution in [0.5, 0.6) is 0 Å². The summed E-state index contributed by atoms with van der Waals surface area (Å²) in [7, 11) is 7.87. The largest absolute Gasteiger partial charge is 0.465 e. The minimum atomic E-state index is -0.676. The van der Waals surface area contributed by atoms with Gasteiger partial charge in [0.2, 0.25) is 0 Å². The molecule has 0 saturated carbocycles. The van der Waals surface area contributed by atoms with Crippen molar-refractivity contribution in [1.82, 2.24) is 9.80 Å². The predicted molar refractivity (Wildman–Crippen MR) is 71.7 cm³/mol. The topological polar surface area (TPSA) is 75.9 Å². The maximum atomic E-state index is 11.7. The summed E-state index contributed by atoms with van der Waals surface area (Å²) in [5.41, 5.74) is 0.143. The van der Waals surface area contributed by atoms with Crippen molar-refractivity contribution in [2.75, 3.05) is 35.3 Å². The quantitative estimate of drug-likeness (QED) is 0.234. The first-order valence-corrected chi connectivity index (χ1v) is 5.40. The van der Waals surface area contributed by atoms with Crippen molar-refractivity contribution in [1.29, 1.82) is 0 Å². The summed E-state index contributed by atoms with van der Waals surface area (Å²) >= 11 is 0. The zero-order chi connectivity index (χ0) is 15.2. The summed E-state index contributed by atoms with van der Waals surface area (Å²) in [6.45, 7) is 3.71. The smallest absolute Gasteiger partial charge is 0.340 e. The van der Waals surface area contributed by atoms with Gasteiger partial charge in [-0.25, -0.2) is 4.79 Å². The number of hydrogen-bond donors (Lipinski definition) is 0. The van der Waals surface area contributed by atoms with E-state index >= 15 is 0 Å². The summed E-state index contributed by atoms with van der Waals surface area (Å²) in [6, 6.07) is 0. The highest BCUT2D eigenvalue weighted by Crippen LogP contribution is 2.15. The fraction of sp³-hybridized carbons (Fsp3) is 0.417. The number of hydrogen-bond acceptors (Lipinski definition) is 6. The highest BCUT2D eigenvalue weighted by atomic mass is 16.6. The second kappa shape index (κ2) is 7.20. The number of methoxy groups -OCH3 is 1. The van der Waals surface area contributed by atoms with Gasteiger partial charge in [-0.15, -0.1) is 0 Å². The molecule has 0 aliphatic heterocycles. The molecule has 0 aromatic carbocycles. The molecule has 0 heterocycles. The maximum absolute atomic E-state index is 11.7. The number of esters is 1. The van der Waals surface area contributed by atoms with Gasteiger partial charge < -0.3 is 14.5 Å².